The minimum atomic E-state index is -0.899. The van der Waals surface area contributed by atoms with E-state index in [1.165, 1.54) is 6.08 Å². The molecular formula is C11H14O4. The Kier molecular flexibility index (Phi) is 3.77. The Morgan fingerprint density at radius 3 is 2.73 bits per heavy atom. The first kappa shape index (κ1) is 11.6. The Bertz CT molecular complexity index is 327. The van der Waals surface area contributed by atoms with Gasteiger partial charge in [0, 0.05) is 0 Å². The van der Waals surface area contributed by atoms with Crippen molar-refractivity contribution in [1.82, 2.24) is 0 Å². The first-order valence-electron chi connectivity index (χ1n) is 4.98. The lowest BCUT2D eigenvalue weighted by Gasteiger charge is -2.16. The van der Waals surface area contributed by atoms with Crippen molar-refractivity contribution in [1.29, 1.82) is 0 Å². The van der Waals surface area contributed by atoms with Crippen molar-refractivity contribution in [3.63, 3.8) is 0 Å². The van der Waals surface area contributed by atoms with E-state index in [0.29, 0.717) is 12.8 Å². The van der Waals surface area contributed by atoms with Gasteiger partial charge < -0.3 is 4.74 Å². The minimum absolute atomic E-state index is 0.153. The van der Waals surface area contributed by atoms with E-state index in [-0.39, 0.29) is 12.4 Å². The maximum absolute atomic E-state index is 11.5. The number of rotatable bonds is 3. The molecule has 15 heavy (non-hydrogen) atoms. The Morgan fingerprint density at radius 2 is 2.20 bits per heavy atom. The summed E-state index contributed by atoms with van der Waals surface area (Å²) in [5.74, 6) is -2.72. The predicted octanol–water partition coefficient (Wildman–Crippen LogP) is 1.04. The van der Waals surface area contributed by atoms with Crippen LogP contribution in [0.3, 0.4) is 0 Å². The lowest BCUT2D eigenvalue weighted by molar-refractivity contribution is -0.156. The molecule has 1 aliphatic carbocycles. The highest BCUT2D eigenvalue weighted by Gasteiger charge is 2.33. The van der Waals surface area contributed by atoms with Gasteiger partial charge in [0.2, 0.25) is 0 Å². The van der Waals surface area contributed by atoms with Crippen LogP contribution in [-0.4, -0.2) is 24.1 Å². The molecule has 0 aromatic heterocycles. The second-order valence-corrected chi connectivity index (χ2v) is 3.57. The quantitative estimate of drug-likeness (QED) is 0.397. The minimum Gasteiger partial charge on any atom is -0.460 e. The molecular weight excluding hydrogens is 196 g/mol. The summed E-state index contributed by atoms with van der Waals surface area (Å²) < 4.78 is 4.57. The van der Waals surface area contributed by atoms with Crippen molar-refractivity contribution >= 4 is 17.5 Å². The van der Waals surface area contributed by atoms with Crippen LogP contribution in [-0.2, 0) is 19.1 Å². The molecule has 0 radical (unpaired) electrons. The summed E-state index contributed by atoms with van der Waals surface area (Å²) in [7, 11) is 0. The second-order valence-electron chi connectivity index (χ2n) is 3.57. The summed E-state index contributed by atoms with van der Waals surface area (Å²) in [4.78, 5) is 34.1. The monoisotopic (exact) mass is 210 g/mol. The van der Waals surface area contributed by atoms with Crippen LogP contribution < -0.4 is 0 Å². The molecule has 1 unspecified atom stereocenters. The molecule has 0 aliphatic heterocycles. The van der Waals surface area contributed by atoms with E-state index in [9.17, 15) is 14.4 Å². The normalized spacial score (nSPS) is 20.8. The summed E-state index contributed by atoms with van der Waals surface area (Å²) in [6.45, 7) is 3.61. The number of Topliss-reactive ketones (excluding diaryl/α,β-unsaturated/α-hetero) is 1. The van der Waals surface area contributed by atoms with E-state index in [4.69, 9.17) is 0 Å². The maximum atomic E-state index is 11.5. The van der Waals surface area contributed by atoms with E-state index >= 15 is 0 Å². The molecule has 0 heterocycles. The van der Waals surface area contributed by atoms with Gasteiger partial charge >= 0.3 is 5.97 Å². The number of hydrogen-bond donors (Lipinski definition) is 0. The fourth-order valence-electron chi connectivity index (χ4n) is 1.53. The molecule has 82 valence electrons. The topological polar surface area (TPSA) is 60.4 Å². The summed E-state index contributed by atoms with van der Waals surface area (Å²) in [5.41, 5.74) is 0.952. The first-order valence-corrected chi connectivity index (χ1v) is 4.98. The second kappa shape index (κ2) is 4.87. The molecule has 0 N–H and O–H groups in total. The van der Waals surface area contributed by atoms with Crippen molar-refractivity contribution < 1.29 is 19.1 Å². The third-order valence-corrected chi connectivity index (χ3v) is 2.35. The molecule has 0 saturated carbocycles. The number of ketones is 2. The van der Waals surface area contributed by atoms with Gasteiger partial charge in [-0.15, -0.1) is 0 Å². The van der Waals surface area contributed by atoms with Crippen LogP contribution in [0.15, 0.2) is 11.6 Å². The van der Waals surface area contributed by atoms with Gasteiger partial charge in [-0.3, -0.25) is 9.59 Å². The summed E-state index contributed by atoms with van der Waals surface area (Å²) in [5, 5.41) is 0. The van der Waals surface area contributed by atoms with Crippen molar-refractivity contribution in [2.24, 2.45) is 5.92 Å². The van der Waals surface area contributed by atoms with Crippen LogP contribution in [0.2, 0.25) is 0 Å². The standard InChI is InChI=1S/C11H14O4/c1-3-15-11(14)10(13)8-5-4-7(2)6-9(8)12/h6,8H,3-5H2,1-2H3. The Hall–Kier alpha value is -1.45. The van der Waals surface area contributed by atoms with E-state index in [2.05, 4.69) is 4.74 Å². The lowest BCUT2D eigenvalue weighted by Crippen LogP contribution is -2.32. The van der Waals surface area contributed by atoms with Gasteiger partial charge in [-0.25, -0.2) is 4.79 Å². The number of hydrogen-bond acceptors (Lipinski definition) is 4. The van der Waals surface area contributed by atoms with Crippen molar-refractivity contribution in [2.75, 3.05) is 6.61 Å². The van der Waals surface area contributed by atoms with Gasteiger partial charge in [0.15, 0.2) is 5.78 Å². The molecule has 4 heteroatoms. The molecule has 0 aromatic carbocycles. The predicted molar refractivity (Wildman–Crippen MR) is 53.1 cm³/mol. The average Bonchev–Trinajstić information content (AvgIpc) is 2.17. The van der Waals surface area contributed by atoms with Crippen LogP contribution in [0.25, 0.3) is 0 Å². The smallest absolute Gasteiger partial charge is 0.375 e. The fraction of sp³-hybridized carbons (Fsp3) is 0.545. The Morgan fingerprint density at radius 1 is 1.53 bits per heavy atom. The zero-order valence-electron chi connectivity index (χ0n) is 8.91. The molecule has 1 rings (SSSR count). The Labute approximate surface area is 88.3 Å². The molecule has 0 aromatic rings. The maximum Gasteiger partial charge on any atom is 0.375 e. The third-order valence-electron chi connectivity index (χ3n) is 2.35. The number of allylic oxidation sites excluding steroid dienone is 2. The molecule has 1 atom stereocenters. The van der Waals surface area contributed by atoms with E-state index in [1.807, 2.05) is 6.92 Å². The highest BCUT2D eigenvalue weighted by atomic mass is 16.5. The van der Waals surface area contributed by atoms with Gasteiger partial charge in [0.25, 0.3) is 5.78 Å². The largest absolute Gasteiger partial charge is 0.460 e. The molecule has 0 spiro atoms. The highest BCUT2D eigenvalue weighted by Crippen LogP contribution is 2.21. The summed E-state index contributed by atoms with van der Waals surface area (Å²) in [6, 6.07) is 0. The van der Waals surface area contributed by atoms with Gasteiger partial charge in [-0.05, 0) is 32.8 Å². The fourth-order valence-corrected chi connectivity index (χ4v) is 1.53. The van der Waals surface area contributed by atoms with Gasteiger partial charge in [-0.2, -0.15) is 0 Å². The summed E-state index contributed by atoms with van der Waals surface area (Å²) in [6.07, 6.45) is 2.53. The molecule has 0 bridgehead atoms. The molecule has 1 aliphatic rings. The van der Waals surface area contributed by atoms with Crippen LogP contribution in [0, 0.1) is 5.92 Å². The third kappa shape index (κ3) is 2.75. The SMILES string of the molecule is CCOC(=O)C(=O)C1CCC(C)=CC1=O. The van der Waals surface area contributed by atoms with E-state index in [0.717, 1.165) is 5.57 Å². The molecule has 0 fully saturated rings. The molecule has 4 nitrogen and oxygen atoms in total. The van der Waals surface area contributed by atoms with Crippen LogP contribution >= 0.6 is 0 Å². The first-order chi connectivity index (χ1) is 7.06. The lowest BCUT2D eigenvalue weighted by atomic mass is 9.86. The zero-order chi connectivity index (χ0) is 11.4. The van der Waals surface area contributed by atoms with Gasteiger partial charge in [0.1, 0.15) is 0 Å². The van der Waals surface area contributed by atoms with Crippen LogP contribution in [0.4, 0.5) is 0 Å². The number of ether oxygens (including phenoxy) is 1. The summed E-state index contributed by atoms with van der Waals surface area (Å²) >= 11 is 0. The van der Waals surface area contributed by atoms with E-state index < -0.39 is 17.7 Å². The number of esters is 1. The van der Waals surface area contributed by atoms with Crippen LogP contribution in [0.1, 0.15) is 26.7 Å². The Balaban J connectivity index is 2.70. The van der Waals surface area contributed by atoms with Crippen molar-refractivity contribution in [3.05, 3.63) is 11.6 Å². The van der Waals surface area contributed by atoms with Gasteiger partial charge in [-0.1, -0.05) is 5.57 Å². The molecule has 0 saturated heterocycles. The molecule has 0 amide bonds. The van der Waals surface area contributed by atoms with Crippen molar-refractivity contribution in [2.45, 2.75) is 26.7 Å². The average molecular weight is 210 g/mol. The number of carbonyl (C=O) groups excluding carboxylic acids is 3. The van der Waals surface area contributed by atoms with Gasteiger partial charge in [0.05, 0.1) is 12.5 Å². The highest BCUT2D eigenvalue weighted by molar-refractivity contribution is 6.39. The van der Waals surface area contributed by atoms with Crippen molar-refractivity contribution in [3.8, 4) is 0 Å². The van der Waals surface area contributed by atoms with E-state index in [1.54, 1.807) is 6.92 Å². The number of carbonyl (C=O) groups is 3. The zero-order valence-corrected chi connectivity index (χ0v) is 8.91. The van der Waals surface area contributed by atoms with Crippen LogP contribution in [0.5, 0.6) is 0 Å².